The zero-order valence-corrected chi connectivity index (χ0v) is 15.5. The molecule has 0 radical (unpaired) electrons. The minimum absolute atomic E-state index is 0.0147. The van der Waals surface area contributed by atoms with Crippen LogP contribution in [0.5, 0.6) is 0 Å². The van der Waals surface area contributed by atoms with Crippen molar-refractivity contribution in [1.82, 2.24) is 14.5 Å². The fourth-order valence-corrected chi connectivity index (χ4v) is 3.39. The molecule has 1 aromatic carbocycles. The highest BCUT2D eigenvalue weighted by Crippen LogP contribution is 2.16. The van der Waals surface area contributed by atoms with Gasteiger partial charge in [-0.3, -0.25) is 9.59 Å². The highest BCUT2D eigenvalue weighted by molar-refractivity contribution is 7.92. The van der Waals surface area contributed by atoms with Crippen LogP contribution in [0.2, 0.25) is 0 Å². The van der Waals surface area contributed by atoms with Crippen LogP contribution < -0.4 is 10.0 Å². The normalized spacial score (nSPS) is 11.0. The standard InChI is InChI=1S/C18H17N5O4S/c24-13-15-3-1-11-23(15)12-8-17(25)21-14-4-6-16(7-5-14)28(26,27)22-18-19-9-2-10-20-18/h1-7,9-11,13H,8,12H2,(H,21,25)(H,19,20,22). The van der Waals surface area contributed by atoms with Gasteiger partial charge in [0.15, 0.2) is 6.29 Å². The predicted molar refractivity (Wildman–Crippen MR) is 102 cm³/mol. The molecule has 0 bridgehead atoms. The fourth-order valence-electron chi connectivity index (χ4n) is 2.43. The summed E-state index contributed by atoms with van der Waals surface area (Å²) >= 11 is 0. The van der Waals surface area contributed by atoms with Gasteiger partial charge in [-0.2, -0.15) is 0 Å². The Hall–Kier alpha value is -3.53. The molecule has 3 aromatic rings. The van der Waals surface area contributed by atoms with Crippen molar-refractivity contribution >= 4 is 33.9 Å². The first-order valence-electron chi connectivity index (χ1n) is 8.28. The second-order valence-corrected chi connectivity index (χ2v) is 7.43. The zero-order chi connectivity index (χ0) is 20.0. The Bertz CT molecular complexity index is 1060. The summed E-state index contributed by atoms with van der Waals surface area (Å²) in [6.45, 7) is 0.361. The van der Waals surface area contributed by atoms with Gasteiger partial charge in [-0.05, 0) is 42.5 Å². The van der Waals surface area contributed by atoms with E-state index in [1.54, 1.807) is 29.0 Å². The topological polar surface area (TPSA) is 123 Å². The maximum Gasteiger partial charge on any atom is 0.264 e. The van der Waals surface area contributed by atoms with E-state index in [2.05, 4.69) is 20.0 Å². The average Bonchev–Trinajstić information content (AvgIpc) is 3.15. The van der Waals surface area contributed by atoms with Gasteiger partial charge in [-0.1, -0.05) is 0 Å². The number of anilines is 2. The number of aromatic nitrogens is 3. The number of amides is 1. The number of nitrogens with zero attached hydrogens (tertiary/aromatic N) is 3. The Kier molecular flexibility index (Phi) is 5.80. The Morgan fingerprint density at radius 2 is 1.79 bits per heavy atom. The van der Waals surface area contributed by atoms with E-state index in [9.17, 15) is 18.0 Å². The van der Waals surface area contributed by atoms with Crippen LogP contribution in [0.15, 0.2) is 66.0 Å². The second-order valence-electron chi connectivity index (χ2n) is 5.74. The molecule has 1 amide bonds. The number of benzene rings is 1. The monoisotopic (exact) mass is 399 g/mol. The number of rotatable bonds is 8. The van der Waals surface area contributed by atoms with Crippen molar-refractivity contribution in [2.75, 3.05) is 10.0 Å². The van der Waals surface area contributed by atoms with Gasteiger partial charge in [-0.25, -0.2) is 23.1 Å². The van der Waals surface area contributed by atoms with Gasteiger partial charge in [-0.15, -0.1) is 0 Å². The van der Waals surface area contributed by atoms with E-state index < -0.39 is 10.0 Å². The first kappa shape index (κ1) is 19.2. The van der Waals surface area contributed by atoms with Crippen LogP contribution in [0, 0.1) is 0 Å². The van der Waals surface area contributed by atoms with Gasteiger partial charge in [0.25, 0.3) is 10.0 Å². The molecule has 0 spiro atoms. The van der Waals surface area contributed by atoms with Crippen LogP contribution in [0.3, 0.4) is 0 Å². The maximum atomic E-state index is 12.3. The molecular weight excluding hydrogens is 382 g/mol. The summed E-state index contributed by atoms with van der Waals surface area (Å²) in [4.78, 5) is 30.6. The van der Waals surface area contributed by atoms with E-state index in [0.29, 0.717) is 17.9 Å². The molecule has 0 saturated carbocycles. The summed E-state index contributed by atoms with van der Waals surface area (Å²) in [5.41, 5.74) is 0.959. The van der Waals surface area contributed by atoms with Crippen molar-refractivity contribution in [2.45, 2.75) is 17.9 Å². The third-order valence-electron chi connectivity index (χ3n) is 3.80. The number of nitrogens with one attached hydrogen (secondary N) is 2. The number of carbonyl (C=O) groups excluding carboxylic acids is 2. The minimum atomic E-state index is -3.83. The van der Waals surface area contributed by atoms with Gasteiger partial charge in [0.1, 0.15) is 0 Å². The van der Waals surface area contributed by atoms with Crippen LogP contribution in [-0.4, -0.2) is 35.1 Å². The van der Waals surface area contributed by atoms with E-state index in [4.69, 9.17) is 0 Å². The van der Waals surface area contributed by atoms with Crippen LogP contribution in [0.1, 0.15) is 16.9 Å². The second kappa shape index (κ2) is 8.44. The Balaban J connectivity index is 1.59. The molecule has 28 heavy (non-hydrogen) atoms. The van der Waals surface area contributed by atoms with Gasteiger partial charge in [0.2, 0.25) is 11.9 Å². The minimum Gasteiger partial charge on any atom is -0.345 e. The molecule has 2 aromatic heterocycles. The summed E-state index contributed by atoms with van der Waals surface area (Å²) in [5, 5.41) is 2.69. The van der Waals surface area contributed by atoms with Crippen molar-refractivity contribution in [1.29, 1.82) is 0 Å². The quantitative estimate of drug-likeness (QED) is 0.558. The third-order valence-corrected chi connectivity index (χ3v) is 5.15. The average molecular weight is 399 g/mol. The number of sulfonamides is 1. The molecule has 2 heterocycles. The lowest BCUT2D eigenvalue weighted by Gasteiger charge is -2.09. The van der Waals surface area contributed by atoms with Crippen LogP contribution in [0.4, 0.5) is 11.6 Å². The smallest absolute Gasteiger partial charge is 0.264 e. The highest BCUT2D eigenvalue weighted by Gasteiger charge is 2.15. The number of hydrogen-bond donors (Lipinski definition) is 2. The summed E-state index contributed by atoms with van der Waals surface area (Å²) in [5.74, 6) is -0.281. The van der Waals surface area contributed by atoms with Crippen LogP contribution in [-0.2, 0) is 21.4 Å². The Morgan fingerprint density at radius 1 is 1.07 bits per heavy atom. The van der Waals surface area contributed by atoms with Crippen molar-refractivity contribution in [2.24, 2.45) is 0 Å². The molecule has 0 aliphatic heterocycles. The highest BCUT2D eigenvalue weighted by atomic mass is 32.2. The van der Waals surface area contributed by atoms with Crippen LogP contribution >= 0.6 is 0 Å². The van der Waals surface area contributed by atoms with Gasteiger partial charge in [0, 0.05) is 37.2 Å². The van der Waals surface area contributed by atoms with E-state index in [-0.39, 0.29) is 23.2 Å². The Labute approximate surface area is 161 Å². The molecule has 144 valence electrons. The van der Waals surface area contributed by atoms with Gasteiger partial charge >= 0.3 is 0 Å². The Morgan fingerprint density at radius 3 is 2.46 bits per heavy atom. The predicted octanol–water partition coefficient (Wildman–Crippen LogP) is 1.92. The van der Waals surface area contributed by atoms with Gasteiger partial charge in [0.05, 0.1) is 10.6 Å². The summed E-state index contributed by atoms with van der Waals surface area (Å²) < 4.78 is 28.6. The molecule has 0 aliphatic rings. The first-order chi connectivity index (χ1) is 13.5. The molecule has 0 fully saturated rings. The number of aldehydes is 1. The number of aryl methyl sites for hydroxylation is 1. The molecule has 10 heteroatoms. The van der Waals surface area contributed by atoms with Crippen molar-refractivity contribution in [3.63, 3.8) is 0 Å². The summed E-state index contributed by atoms with van der Waals surface area (Å²) in [6.07, 6.45) is 5.47. The largest absolute Gasteiger partial charge is 0.345 e. The fraction of sp³-hybridized carbons (Fsp3) is 0.111. The molecule has 0 unspecified atom stereocenters. The molecule has 9 nitrogen and oxygen atoms in total. The third kappa shape index (κ3) is 4.80. The zero-order valence-electron chi connectivity index (χ0n) is 14.6. The molecule has 0 saturated heterocycles. The summed E-state index contributed by atoms with van der Waals surface area (Å²) in [7, 11) is -3.83. The van der Waals surface area contributed by atoms with E-state index in [1.165, 1.54) is 36.7 Å². The van der Waals surface area contributed by atoms with E-state index >= 15 is 0 Å². The lowest BCUT2D eigenvalue weighted by molar-refractivity contribution is -0.116. The molecular formula is C18H17N5O4S. The van der Waals surface area contributed by atoms with Crippen LogP contribution in [0.25, 0.3) is 0 Å². The number of hydrogen-bond acceptors (Lipinski definition) is 6. The molecule has 0 aliphatic carbocycles. The lowest BCUT2D eigenvalue weighted by Crippen LogP contribution is -2.16. The molecule has 2 N–H and O–H groups in total. The van der Waals surface area contributed by atoms with E-state index in [1.807, 2.05) is 0 Å². The van der Waals surface area contributed by atoms with Crippen molar-refractivity contribution in [3.8, 4) is 0 Å². The summed E-state index contributed by atoms with van der Waals surface area (Å²) in [6, 6.07) is 10.7. The number of carbonyl (C=O) groups is 2. The SMILES string of the molecule is O=Cc1cccn1CCC(=O)Nc1ccc(S(=O)(=O)Nc2ncccn2)cc1. The van der Waals surface area contributed by atoms with Gasteiger partial charge < -0.3 is 9.88 Å². The maximum absolute atomic E-state index is 12.3. The first-order valence-corrected chi connectivity index (χ1v) is 9.76. The molecule has 3 rings (SSSR count). The van der Waals surface area contributed by atoms with Crippen molar-refractivity contribution < 1.29 is 18.0 Å². The van der Waals surface area contributed by atoms with Crippen molar-refractivity contribution in [3.05, 3.63) is 66.7 Å². The molecule has 0 atom stereocenters. The lowest BCUT2D eigenvalue weighted by atomic mass is 10.3. The van der Waals surface area contributed by atoms with E-state index in [0.717, 1.165) is 6.29 Å².